The summed E-state index contributed by atoms with van der Waals surface area (Å²) in [5.74, 6) is 0. The van der Waals surface area contributed by atoms with Crippen LogP contribution in [0, 0.1) is 0 Å². The maximum absolute atomic E-state index is 12.6. The number of alkyl halides is 2. The number of nitrogens with zero attached hydrogens (tertiary/aromatic N) is 1. The number of benzene rings is 2. The van der Waals surface area contributed by atoms with Gasteiger partial charge < -0.3 is 4.84 Å². The van der Waals surface area contributed by atoms with E-state index < -0.39 is 6.43 Å². The van der Waals surface area contributed by atoms with Crippen molar-refractivity contribution in [2.75, 3.05) is 0 Å². The monoisotopic (exact) mass is 289 g/mol. The molecule has 0 fully saturated rings. The minimum Gasteiger partial charge on any atom is -0.391 e. The minimum atomic E-state index is -2.47. The quantitative estimate of drug-likeness (QED) is 0.556. The average Bonchev–Trinajstić information content (AvgIpc) is 2.52. The fourth-order valence-electron chi connectivity index (χ4n) is 2.01. The molecule has 0 aromatic heterocycles. The van der Waals surface area contributed by atoms with E-state index in [1.807, 2.05) is 24.3 Å². The van der Waals surface area contributed by atoms with Gasteiger partial charge in [0.1, 0.15) is 6.61 Å². The zero-order valence-corrected chi connectivity index (χ0v) is 11.8. The molecule has 2 aromatic rings. The molecule has 0 saturated heterocycles. The van der Waals surface area contributed by atoms with Gasteiger partial charge in [0, 0.05) is 5.56 Å². The summed E-state index contributed by atoms with van der Waals surface area (Å²) in [6.07, 6.45) is 0.0962. The second-order valence-corrected chi connectivity index (χ2v) is 4.61. The van der Waals surface area contributed by atoms with Gasteiger partial charge in [-0.15, -0.1) is 0 Å². The van der Waals surface area contributed by atoms with Gasteiger partial charge in [-0.3, -0.25) is 0 Å². The Hall–Kier alpha value is -2.23. The fraction of sp³-hybridized carbons (Fsp3) is 0.235. The van der Waals surface area contributed by atoms with Crippen LogP contribution in [0.3, 0.4) is 0 Å². The predicted octanol–water partition coefficient (Wildman–Crippen LogP) is 4.74. The number of aryl methyl sites for hydroxylation is 1. The molecule has 4 heteroatoms. The molecule has 0 heterocycles. The van der Waals surface area contributed by atoms with E-state index in [0.717, 1.165) is 12.0 Å². The molecule has 0 spiro atoms. The third kappa shape index (κ3) is 4.38. The minimum absolute atomic E-state index is 0.00333. The third-order valence-corrected chi connectivity index (χ3v) is 3.14. The second-order valence-electron chi connectivity index (χ2n) is 4.61. The normalized spacial score (nSPS) is 11.2. The number of halogens is 2. The molecule has 0 atom stereocenters. The Labute approximate surface area is 123 Å². The standard InChI is InChI=1S/C17H17F2NO/c1-2-14-7-3-4-8-16(14)11-20-21-12-13-6-5-9-15(10-13)17(18)19/h3-11,17H,2,12H2,1H3. The molecule has 0 unspecified atom stereocenters. The van der Waals surface area contributed by atoms with E-state index in [4.69, 9.17) is 4.84 Å². The van der Waals surface area contributed by atoms with Gasteiger partial charge in [0.15, 0.2) is 0 Å². The molecule has 0 aliphatic heterocycles. The average molecular weight is 289 g/mol. The third-order valence-electron chi connectivity index (χ3n) is 3.14. The highest BCUT2D eigenvalue weighted by Crippen LogP contribution is 2.19. The summed E-state index contributed by atoms with van der Waals surface area (Å²) in [5, 5.41) is 3.91. The van der Waals surface area contributed by atoms with E-state index in [0.29, 0.717) is 5.56 Å². The molecular formula is C17H17F2NO. The van der Waals surface area contributed by atoms with Crippen molar-refractivity contribution >= 4 is 6.21 Å². The molecule has 0 bridgehead atoms. The van der Waals surface area contributed by atoms with Crippen LogP contribution in [0.5, 0.6) is 0 Å². The van der Waals surface area contributed by atoms with Crippen LogP contribution < -0.4 is 0 Å². The smallest absolute Gasteiger partial charge is 0.263 e. The molecule has 0 N–H and O–H groups in total. The van der Waals surface area contributed by atoms with Crippen molar-refractivity contribution in [3.05, 3.63) is 70.8 Å². The van der Waals surface area contributed by atoms with E-state index in [1.54, 1.807) is 18.3 Å². The van der Waals surface area contributed by atoms with Crippen molar-refractivity contribution in [3.8, 4) is 0 Å². The van der Waals surface area contributed by atoms with Crippen molar-refractivity contribution in [2.45, 2.75) is 26.4 Å². The Morgan fingerprint density at radius 3 is 2.71 bits per heavy atom. The maximum Gasteiger partial charge on any atom is 0.263 e. The summed E-state index contributed by atoms with van der Waals surface area (Å²) < 4.78 is 25.1. The summed E-state index contributed by atoms with van der Waals surface area (Å²) in [5.41, 5.74) is 2.86. The van der Waals surface area contributed by atoms with Crippen molar-refractivity contribution in [1.82, 2.24) is 0 Å². The SMILES string of the molecule is CCc1ccccc1C=NOCc1cccc(C(F)F)c1. The van der Waals surface area contributed by atoms with Gasteiger partial charge in [-0.2, -0.15) is 0 Å². The highest BCUT2D eigenvalue weighted by molar-refractivity contribution is 5.81. The number of hydrogen-bond acceptors (Lipinski definition) is 2. The lowest BCUT2D eigenvalue weighted by Crippen LogP contribution is -1.93. The summed E-state index contributed by atoms with van der Waals surface area (Å²) in [4.78, 5) is 5.18. The van der Waals surface area contributed by atoms with E-state index >= 15 is 0 Å². The summed E-state index contributed by atoms with van der Waals surface area (Å²) in [6, 6.07) is 14.1. The molecular weight excluding hydrogens is 272 g/mol. The van der Waals surface area contributed by atoms with Crippen molar-refractivity contribution in [2.24, 2.45) is 5.16 Å². The van der Waals surface area contributed by atoms with Crippen LogP contribution in [0.15, 0.2) is 53.7 Å². The van der Waals surface area contributed by atoms with E-state index in [2.05, 4.69) is 12.1 Å². The lowest BCUT2D eigenvalue weighted by atomic mass is 10.1. The van der Waals surface area contributed by atoms with Gasteiger partial charge in [0.2, 0.25) is 0 Å². The van der Waals surface area contributed by atoms with Crippen molar-refractivity contribution in [3.63, 3.8) is 0 Å². The van der Waals surface area contributed by atoms with Crippen LogP contribution >= 0.6 is 0 Å². The molecule has 21 heavy (non-hydrogen) atoms. The summed E-state index contributed by atoms with van der Waals surface area (Å²) >= 11 is 0. The highest BCUT2D eigenvalue weighted by Gasteiger charge is 2.06. The Bertz CT molecular complexity index is 611. The first-order valence-corrected chi connectivity index (χ1v) is 6.81. The largest absolute Gasteiger partial charge is 0.391 e. The molecule has 0 radical (unpaired) electrons. The van der Waals surface area contributed by atoms with Crippen molar-refractivity contribution in [1.29, 1.82) is 0 Å². The van der Waals surface area contributed by atoms with E-state index in [9.17, 15) is 8.78 Å². The highest BCUT2D eigenvalue weighted by atomic mass is 19.3. The Kier molecular flexibility index (Phi) is 5.43. The number of oxime groups is 1. The first kappa shape index (κ1) is 15.2. The second kappa shape index (κ2) is 7.53. The molecule has 0 saturated carbocycles. The number of rotatable bonds is 6. The van der Waals surface area contributed by atoms with Gasteiger partial charge in [-0.25, -0.2) is 8.78 Å². The Morgan fingerprint density at radius 2 is 1.95 bits per heavy atom. The van der Waals surface area contributed by atoms with Crippen LogP contribution in [-0.2, 0) is 17.9 Å². The lowest BCUT2D eigenvalue weighted by Gasteiger charge is -2.04. The first-order valence-electron chi connectivity index (χ1n) is 6.81. The lowest BCUT2D eigenvalue weighted by molar-refractivity contribution is 0.130. The molecule has 2 nitrogen and oxygen atoms in total. The molecule has 2 rings (SSSR count). The molecule has 2 aromatic carbocycles. The Balaban J connectivity index is 1.95. The molecule has 110 valence electrons. The summed E-state index contributed by atoms with van der Waals surface area (Å²) in [6.45, 7) is 2.24. The van der Waals surface area contributed by atoms with Crippen LogP contribution in [0.2, 0.25) is 0 Å². The van der Waals surface area contributed by atoms with Crippen molar-refractivity contribution < 1.29 is 13.6 Å². The van der Waals surface area contributed by atoms with Crippen LogP contribution in [0.1, 0.15) is 35.6 Å². The van der Waals surface area contributed by atoms with Gasteiger partial charge in [0.25, 0.3) is 6.43 Å². The predicted molar refractivity (Wildman–Crippen MR) is 79.6 cm³/mol. The zero-order valence-electron chi connectivity index (χ0n) is 11.8. The molecule has 0 aliphatic carbocycles. The fourth-order valence-corrected chi connectivity index (χ4v) is 2.01. The van der Waals surface area contributed by atoms with E-state index in [-0.39, 0.29) is 12.2 Å². The topological polar surface area (TPSA) is 21.6 Å². The van der Waals surface area contributed by atoms with Gasteiger partial charge >= 0.3 is 0 Å². The van der Waals surface area contributed by atoms with Crippen LogP contribution in [0.25, 0.3) is 0 Å². The first-order chi connectivity index (χ1) is 10.2. The van der Waals surface area contributed by atoms with Gasteiger partial charge in [0.05, 0.1) is 6.21 Å². The Morgan fingerprint density at radius 1 is 1.14 bits per heavy atom. The zero-order chi connectivity index (χ0) is 15.1. The molecule has 0 amide bonds. The van der Waals surface area contributed by atoms with E-state index in [1.165, 1.54) is 17.7 Å². The summed E-state index contributed by atoms with van der Waals surface area (Å²) in [7, 11) is 0. The van der Waals surface area contributed by atoms with Gasteiger partial charge in [-0.1, -0.05) is 54.5 Å². The van der Waals surface area contributed by atoms with Crippen LogP contribution in [-0.4, -0.2) is 6.21 Å². The number of hydrogen-bond donors (Lipinski definition) is 0. The van der Waals surface area contributed by atoms with Crippen LogP contribution in [0.4, 0.5) is 8.78 Å². The maximum atomic E-state index is 12.6. The van der Waals surface area contributed by atoms with Gasteiger partial charge in [-0.05, 0) is 29.2 Å². The molecule has 0 aliphatic rings.